The molecule has 2 aromatic carbocycles. The zero-order valence-corrected chi connectivity index (χ0v) is 20.8. The van der Waals surface area contributed by atoms with Crippen LogP contribution in [0.15, 0.2) is 48.8 Å². The molecule has 0 unspecified atom stereocenters. The number of nitrogens with zero attached hydrogens (tertiary/aromatic N) is 3. The molecule has 1 amide bonds. The van der Waals surface area contributed by atoms with Crippen LogP contribution in [-0.2, 0) is 11.4 Å². The third-order valence-corrected chi connectivity index (χ3v) is 6.25. The minimum absolute atomic E-state index is 0.0709. The molecule has 11 heteroatoms. The molecule has 2 aromatic heterocycles. The van der Waals surface area contributed by atoms with Gasteiger partial charge in [-0.15, -0.1) is 0 Å². The lowest BCUT2D eigenvalue weighted by molar-refractivity contribution is -0.128. The number of para-hydroxylation sites is 1. The van der Waals surface area contributed by atoms with Gasteiger partial charge in [-0.2, -0.15) is 5.10 Å². The Balaban J connectivity index is 1.67. The molecule has 0 fully saturated rings. The van der Waals surface area contributed by atoms with E-state index in [9.17, 15) is 23.8 Å². The quantitative estimate of drug-likeness (QED) is 0.301. The maximum Gasteiger partial charge on any atom is 0.228 e. The van der Waals surface area contributed by atoms with Gasteiger partial charge in [0.15, 0.2) is 5.82 Å². The van der Waals surface area contributed by atoms with Crippen LogP contribution in [-0.4, -0.2) is 44.1 Å². The fraction of sp³-hybridized carbons (Fsp3) is 0.269. The molecule has 0 aliphatic carbocycles. The van der Waals surface area contributed by atoms with E-state index in [-0.39, 0.29) is 11.6 Å². The molecule has 0 aliphatic heterocycles. The van der Waals surface area contributed by atoms with Crippen molar-refractivity contribution in [1.82, 2.24) is 20.1 Å². The monoisotopic (exact) mass is 530 g/mol. The summed E-state index contributed by atoms with van der Waals surface area (Å²) >= 11 is 6.37. The molecule has 3 N–H and O–H groups in total. The van der Waals surface area contributed by atoms with E-state index in [1.54, 1.807) is 32.0 Å². The fourth-order valence-corrected chi connectivity index (χ4v) is 4.28. The van der Waals surface area contributed by atoms with Crippen LogP contribution < -0.4 is 10.1 Å². The molecule has 4 aromatic rings. The molecule has 4 rings (SSSR count). The summed E-state index contributed by atoms with van der Waals surface area (Å²) in [5.41, 5.74) is 2.62. The Bertz CT molecular complexity index is 1440. The summed E-state index contributed by atoms with van der Waals surface area (Å²) in [7, 11) is 0. The molecule has 0 spiro atoms. The van der Waals surface area contributed by atoms with E-state index >= 15 is 0 Å². The number of nitrogens with one attached hydrogen (secondary N) is 1. The second kappa shape index (κ2) is 11.2. The van der Waals surface area contributed by atoms with Gasteiger partial charge in [-0.25, -0.2) is 18.4 Å². The number of pyridine rings is 1. The highest BCUT2D eigenvalue weighted by atomic mass is 35.5. The van der Waals surface area contributed by atoms with Crippen molar-refractivity contribution in [3.63, 3.8) is 0 Å². The first-order valence-corrected chi connectivity index (χ1v) is 11.8. The average molecular weight is 531 g/mol. The van der Waals surface area contributed by atoms with Crippen LogP contribution in [0.5, 0.6) is 5.75 Å². The molecule has 1 atom stereocenters. The number of amides is 1. The van der Waals surface area contributed by atoms with Gasteiger partial charge in [-0.1, -0.05) is 23.7 Å². The number of halogens is 3. The van der Waals surface area contributed by atoms with E-state index in [0.717, 1.165) is 12.3 Å². The number of hydrogen-bond acceptors (Lipinski definition) is 6. The summed E-state index contributed by atoms with van der Waals surface area (Å²) in [5, 5.41) is 26.1. The van der Waals surface area contributed by atoms with Gasteiger partial charge in [0.05, 0.1) is 48.3 Å². The highest BCUT2D eigenvalue weighted by Crippen LogP contribution is 2.32. The van der Waals surface area contributed by atoms with E-state index in [1.165, 1.54) is 16.9 Å². The van der Waals surface area contributed by atoms with Crippen molar-refractivity contribution < 1.29 is 28.5 Å². The van der Waals surface area contributed by atoms with E-state index in [0.29, 0.717) is 39.2 Å². The van der Waals surface area contributed by atoms with Crippen molar-refractivity contribution in [2.24, 2.45) is 5.92 Å². The predicted molar refractivity (Wildman–Crippen MR) is 134 cm³/mol. The third kappa shape index (κ3) is 5.71. The van der Waals surface area contributed by atoms with Gasteiger partial charge in [-0.3, -0.25) is 4.79 Å². The molecule has 2 heterocycles. The SMILES string of the molecule is Cc1cc(-n2cc(F)cn2)c2cccc(OCc3c(Cl)cc(F)cc3[C@H](C)NC(=O)C(CO)CO)c2n1. The fourth-order valence-electron chi connectivity index (χ4n) is 4.01. The molecule has 37 heavy (non-hydrogen) atoms. The smallest absolute Gasteiger partial charge is 0.228 e. The second-order valence-corrected chi connectivity index (χ2v) is 8.98. The van der Waals surface area contributed by atoms with Crippen molar-refractivity contribution in [2.45, 2.75) is 26.5 Å². The summed E-state index contributed by atoms with van der Waals surface area (Å²) in [6.07, 6.45) is 2.38. The standard InChI is InChI=1S/C26H25ClF2N4O4/c1-14-6-23(33-10-18(29)9-30-33)19-4-3-5-24(25(19)31-14)37-13-21-20(7-17(28)8-22(21)27)15(2)32-26(36)16(11-34)12-35/h3-10,15-16,34-35H,11-13H2,1-2H3,(H,32,36)/t15-/m0/s1. The molecule has 0 saturated carbocycles. The Kier molecular flexibility index (Phi) is 8.01. The molecule has 0 saturated heterocycles. The zero-order chi connectivity index (χ0) is 26.7. The van der Waals surface area contributed by atoms with Crippen LogP contribution in [0.25, 0.3) is 16.6 Å². The number of aryl methyl sites for hydroxylation is 1. The average Bonchev–Trinajstić information content (AvgIpc) is 3.29. The second-order valence-electron chi connectivity index (χ2n) is 8.57. The van der Waals surface area contributed by atoms with Gasteiger partial charge in [0.2, 0.25) is 5.91 Å². The van der Waals surface area contributed by atoms with E-state index in [1.807, 2.05) is 6.07 Å². The summed E-state index contributed by atoms with van der Waals surface area (Å²) in [6.45, 7) is 2.30. The molecular weight excluding hydrogens is 506 g/mol. The number of aliphatic hydroxyl groups is 2. The first-order valence-electron chi connectivity index (χ1n) is 11.5. The number of carbonyl (C=O) groups is 1. The highest BCUT2D eigenvalue weighted by Gasteiger charge is 2.22. The molecule has 0 radical (unpaired) electrons. The minimum Gasteiger partial charge on any atom is -0.487 e. The Morgan fingerprint density at radius 2 is 1.95 bits per heavy atom. The predicted octanol–water partition coefficient (Wildman–Crippen LogP) is 4.02. The van der Waals surface area contributed by atoms with Gasteiger partial charge < -0.3 is 20.3 Å². The lowest BCUT2D eigenvalue weighted by Crippen LogP contribution is -2.36. The maximum absolute atomic E-state index is 14.3. The number of ether oxygens (including phenoxy) is 1. The van der Waals surface area contributed by atoms with Gasteiger partial charge in [-0.05, 0) is 43.7 Å². The number of hydrogen-bond donors (Lipinski definition) is 3. The van der Waals surface area contributed by atoms with E-state index in [2.05, 4.69) is 15.4 Å². The van der Waals surface area contributed by atoms with Gasteiger partial charge in [0.1, 0.15) is 23.7 Å². The van der Waals surface area contributed by atoms with Crippen molar-refractivity contribution in [3.05, 3.63) is 82.3 Å². The third-order valence-electron chi connectivity index (χ3n) is 5.91. The molecule has 0 aliphatic rings. The Morgan fingerprint density at radius 3 is 2.62 bits per heavy atom. The maximum atomic E-state index is 14.3. The largest absolute Gasteiger partial charge is 0.487 e. The van der Waals surface area contributed by atoms with Crippen LogP contribution in [0.2, 0.25) is 5.02 Å². The first-order chi connectivity index (χ1) is 17.7. The van der Waals surface area contributed by atoms with Gasteiger partial charge in [0.25, 0.3) is 0 Å². The Labute approximate surface area is 216 Å². The van der Waals surface area contributed by atoms with Crippen molar-refractivity contribution in [1.29, 1.82) is 0 Å². The molecule has 194 valence electrons. The topological polar surface area (TPSA) is 110 Å². The zero-order valence-electron chi connectivity index (χ0n) is 20.1. The Hall–Kier alpha value is -3.60. The lowest BCUT2D eigenvalue weighted by Gasteiger charge is -2.22. The van der Waals surface area contributed by atoms with Crippen LogP contribution >= 0.6 is 11.6 Å². The van der Waals surface area contributed by atoms with Crippen LogP contribution in [0.1, 0.15) is 29.8 Å². The molecular formula is C26H25ClF2N4O4. The van der Waals surface area contributed by atoms with Gasteiger partial charge in [0, 0.05) is 16.6 Å². The van der Waals surface area contributed by atoms with E-state index in [4.69, 9.17) is 16.3 Å². The van der Waals surface area contributed by atoms with E-state index < -0.39 is 42.7 Å². The van der Waals surface area contributed by atoms with Crippen LogP contribution in [0.3, 0.4) is 0 Å². The Morgan fingerprint density at radius 1 is 1.19 bits per heavy atom. The number of carbonyl (C=O) groups excluding carboxylic acids is 1. The first kappa shape index (κ1) is 26.5. The van der Waals surface area contributed by atoms with Crippen LogP contribution in [0.4, 0.5) is 8.78 Å². The summed E-state index contributed by atoms with van der Waals surface area (Å²) in [6, 6.07) is 8.78. The van der Waals surface area contributed by atoms with Crippen molar-refractivity contribution in [2.75, 3.05) is 13.2 Å². The number of fused-ring (bicyclic) bond motifs is 1. The van der Waals surface area contributed by atoms with Crippen molar-refractivity contribution >= 4 is 28.4 Å². The lowest BCUT2D eigenvalue weighted by atomic mass is 10.0. The number of rotatable bonds is 9. The van der Waals surface area contributed by atoms with Gasteiger partial charge >= 0.3 is 0 Å². The summed E-state index contributed by atoms with van der Waals surface area (Å²) in [5.74, 6) is -2.24. The van der Waals surface area contributed by atoms with Crippen LogP contribution in [0, 0.1) is 24.5 Å². The summed E-state index contributed by atoms with van der Waals surface area (Å²) < 4.78 is 35.4. The molecule has 0 bridgehead atoms. The number of aliphatic hydroxyl groups excluding tert-OH is 2. The highest BCUT2D eigenvalue weighted by molar-refractivity contribution is 6.31. The van der Waals surface area contributed by atoms with Crippen molar-refractivity contribution in [3.8, 4) is 11.4 Å². The summed E-state index contributed by atoms with van der Waals surface area (Å²) in [4.78, 5) is 16.9. The number of benzene rings is 2. The normalized spacial score (nSPS) is 12.2. The molecule has 8 nitrogen and oxygen atoms in total. The minimum atomic E-state index is -1.01. The number of aromatic nitrogens is 3.